The van der Waals surface area contributed by atoms with Crippen LogP contribution in [-0.4, -0.2) is 29.9 Å². The number of amides is 3. The number of benzene rings is 1. The highest BCUT2D eigenvalue weighted by molar-refractivity contribution is 5.99. The minimum Gasteiger partial charge on any atom is -0.338 e. The number of nitrogens with one attached hydrogen (secondary N) is 1. The molecule has 1 unspecified atom stereocenters. The van der Waals surface area contributed by atoms with Gasteiger partial charge in [0.1, 0.15) is 0 Å². The number of nitrogens with zero attached hydrogens (tertiary/aromatic N) is 1. The lowest BCUT2D eigenvalue weighted by Gasteiger charge is -2.16. The van der Waals surface area contributed by atoms with Crippen LogP contribution in [0.2, 0.25) is 0 Å². The lowest BCUT2D eigenvalue weighted by atomic mass is 9.96. The Balaban J connectivity index is 2.21. The van der Waals surface area contributed by atoms with E-state index < -0.39 is 29.6 Å². The zero-order valence-corrected chi connectivity index (χ0v) is 11.4. The molecular formula is C14H15F3N2O2. The van der Waals surface area contributed by atoms with Crippen molar-refractivity contribution in [2.75, 3.05) is 13.1 Å². The van der Waals surface area contributed by atoms with E-state index in [1.54, 1.807) is 6.92 Å². The predicted molar refractivity (Wildman–Crippen MR) is 69.6 cm³/mol. The first kappa shape index (κ1) is 15.3. The molecule has 2 rings (SSSR count). The van der Waals surface area contributed by atoms with Crippen LogP contribution >= 0.6 is 0 Å². The Morgan fingerprint density at radius 1 is 1.43 bits per heavy atom. The average molecular weight is 300 g/mol. The number of urea groups is 1. The topological polar surface area (TPSA) is 49.4 Å². The maximum absolute atomic E-state index is 12.7. The fourth-order valence-electron chi connectivity index (χ4n) is 2.37. The summed E-state index contributed by atoms with van der Waals surface area (Å²) < 4.78 is 38.1. The Morgan fingerprint density at radius 2 is 2.14 bits per heavy atom. The van der Waals surface area contributed by atoms with Gasteiger partial charge in [0.2, 0.25) is 5.91 Å². The molecule has 0 saturated carbocycles. The molecule has 0 aliphatic carbocycles. The molecule has 0 radical (unpaired) electrons. The van der Waals surface area contributed by atoms with E-state index in [2.05, 4.69) is 5.32 Å². The van der Waals surface area contributed by atoms with Crippen LogP contribution in [0.15, 0.2) is 24.3 Å². The number of hydrogen-bond acceptors (Lipinski definition) is 2. The van der Waals surface area contributed by atoms with Crippen LogP contribution in [0.3, 0.4) is 0 Å². The molecule has 7 heteroatoms. The van der Waals surface area contributed by atoms with Gasteiger partial charge in [-0.25, -0.2) is 4.79 Å². The van der Waals surface area contributed by atoms with Crippen LogP contribution in [0.5, 0.6) is 0 Å². The summed E-state index contributed by atoms with van der Waals surface area (Å²) in [6, 6.07) is 4.20. The van der Waals surface area contributed by atoms with Crippen LogP contribution in [-0.2, 0) is 11.0 Å². The van der Waals surface area contributed by atoms with E-state index in [-0.39, 0.29) is 6.54 Å². The second-order valence-corrected chi connectivity index (χ2v) is 4.79. The lowest BCUT2D eigenvalue weighted by Crippen LogP contribution is -2.41. The summed E-state index contributed by atoms with van der Waals surface area (Å²) in [5.41, 5.74) is -0.495. The number of carbonyl (C=O) groups is 2. The zero-order valence-electron chi connectivity index (χ0n) is 11.4. The molecule has 1 aromatic carbocycles. The second kappa shape index (κ2) is 5.75. The van der Waals surface area contributed by atoms with Gasteiger partial charge in [0.25, 0.3) is 0 Å². The quantitative estimate of drug-likeness (QED) is 0.913. The zero-order chi connectivity index (χ0) is 15.6. The fourth-order valence-corrected chi connectivity index (χ4v) is 2.37. The van der Waals surface area contributed by atoms with Gasteiger partial charge in [-0.15, -0.1) is 0 Å². The Bertz CT molecular complexity index is 557. The van der Waals surface area contributed by atoms with Crippen LogP contribution in [0.25, 0.3) is 0 Å². The molecule has 1 N–H and O–H groups in total. The summed E-state index contributed by atoms with van der Waals surface area (Å²) in [7, 11) is 0. The number of carbonyl (C=O) groups excluding carboxylic acids is 2. The largest absolute Gasteiger partial charge is 0.416 e. The molecule has 114 valence electrons. The normalized spacial score (nSPS) is 19.0. The summed E-state index contributed by atoms with van der Waals surface area (Å²) >= 11 is 0. The van der Waals surface area contributed by atoms with Gasteiger partial charge in [-0.1, -0.05) is 18.2 Å². The van der Waals surface area contributed by atoms with Crippen molar-refractivity contribution in [3.8, 4) is 0 Å². The first-order chi connectivity index (χ1) is 9.84. The maximum atomic E-state index is 12.7. The van der Waals surface area contributed by atoms with Crippen LogP contribution in [0.4, 0.5) is 18.0 Å². The molecule has 1 fully saturated rings. The van der Waals surface area contributed by atoms with Crippen LogP contribution in [0, 0.1) is 0 Å². The standard InChI is InChI=1S/C14H15F3N2O2/c1-2-18-13(21)19-7-6-11(12(19)20)9-4-3-5-10(8-9)14(15,16)17/h3-5,8,11H,2,6-7H2,1H3,(H,18,21). The highest BCUT2D eigenvalue weighted by Crippen LogP contribution is 2.34. The predicted octanol–water partition coefficient (Wildman–Crippen LogP) is 2.75. The first-order valence-electron chi connectivity index (χ1n) is 6.61. The SMILES string of the molecule is CCNC(=O)N1CCC(c2cccc(C(F)(F)F)c2)C1=O. The third kappa shape index (κ3) is 3.17. The number of hydrogen-bond donors (Lipinski definition) is 1. The highest BCUT2D eigenvalue weighted by atomic mass is 19.4. The minimum atomic E-state index is -4.45. The summed E-state index contributed by atoms with van der Waals surface area (Å²) in [6.45, 7) is 2.32. The van der Waals surface area contributed by atoms with E-state index in [1.165, 1.54) is 12.1 Å². The van der Waals surface area contributed by atoms with Gasteiger partial charge in [-0.05, 0) is 25.0 Å². The van der Waals surface area contributed by atoms with Crippen molar-refractivity contribution >= 4 is 11.9 Å². The molecule has 1 aliphatic rings. The second-order valence-electron chi connectivity index (χ2n) is 4.79. The van der Waals surface area contributed by atoms with Crippen molar-refractivity contribution in [3.63, 3.8) is 0 Å². The van der Waals surface area contributed by atoms with Crippen molar-refractivity contribution in [1.29, 1.82) is 0 Å². The maximum Gasteiger partial charge on any atom is 0.416 e. The highest BCUT2D eigenvalue weighted by Gasteiger charge is 2.37. The fraction of sp³-hybridized carbons (Fsp3) is 0.429. The third-order valence-electron chi connectivity index (χ3n) is 3.39. The van der Waals surface area contributed by atoms with E-state index >= 15 is 0 Å². The molecule has 0 bridgehead atoms. The number of rotatable bonds is 2. The van der Waals surface area contributed by atoms with Gasteiger partial charge in [0, 0.05) is 13.1 Å². The van der Waals surface area contributed by atoms with E-state index in [9.17, 15) is 22.8 Å². The van der Waals surface area contributed by atoms with Gasteiger partial charge in [-0.3, -0.25) is 9.69 Å². The summed E-state index contributed by atoms with van der Waals surface area (Å²) in [6.07, 6.45) is -4.12. The molecule has 0 spiro atoms. The van der Waals surface area contributed by atoms with Gasteiger partial charge in [-0.2, -0.15) is 13.2 Å². The molecular weight excluding hydrogens is 285 g/mol. The monoisotopic (exact) mass is 300 g/mol. The Hall–Kier alpha value is -2.05. The summed E-state index contributed by atoms with van der Waals surface area (Å²) in [5.74, 6) is -1.16. The third-order valence-corrected chi connectivity index (χ3v) is 3.39. The Morgan fingerprint density at radius 3 is 2.76 bits per heavy atom. The average Bonchev–Trinajstić information content (AvgIpc) is 2.80. The van der Waals surface area contributed by atoms with E-state index in [0.29, 0.717) is 18.5 Å². The number of halogens is 3. The van der Waals surface area contributed by atoms with Gasteiger partial charge < -0.3 is 5.32 Å². The molecule has 0 aromatic heterocycles. The van der Waals surface area contributed by atoms with Gasteiger partial charge in [0.05, 0.1) is 11.5 Å². The Labute approximate surface area is 119 Å². The van der Waals surface area contributed by atoms with Crippen molar-refractivity contribution in [3.05, 3.63) is 35.4 Å². The van der Waals surface area contributed by atoms with Gasteiger partial charge >= 0.3 is 12.2 Å². The van der Waals surface area contributed by atoms with E-state index in [1.807, 2.05) is 0 Å². The molecule has 1 aliphatic heterocycles. The number of likely N-dealkylation sites (tertiary alicyclic amines) is 1. The van der Waals surface area contributed by atoms with E-state index in [4.69, 9.17) is 0 Å². The molecule has 3 amide bonds. The van der Waals surface area contributed by atoms with Gasteiger partial charge in [0.15, 0.2) is 0 Å². The van der Waals surface area contributed by atoms with Crippen molar-refractivity contribution in [1.82, 2.24) is 10.2 Å². The molecule has 1 atom stereocenters. The molecule has 1 saturated heterocycles. The number of alkyl halides is 3. The minimum absolute atomic E-state index is 0.214. The molecule has 21 heavy (non-hydrogen) atoms. The molecule has 1 aromatic rings. The summed E-state index contributed by atoms with van der Waals surface area (Å²) in [4.78, 5) is 24.9. The van der Waals surface area contributed by atoms with Crippen LogP contribution < -0.4 is 5.32 Å². The van der Waals surface area contributed by atoms with Crippen LogP contribution in [0.1, 0.15) is 30.4 Å². The molecule has 1 heterocycles. The van der Waals surface area contributed by atoms with Crippen molar-refractivity contribution in [2.24, 2.45) is 0 Å². The van der Waals surface area contributed by atoms with Crippen molar-refractivity contribution in [2.45, 2.75) is 25.4 Å². The number of imide groups is 1. The van der Waals surface area contributed by atoms with Crippen molar-refractivity contribution < 1.29 is 22.8 Å². The first-order valence-corrected chi connectivity index (χ1v) is 6.61. The lowest BCUT2D eigenvalue weighted by molar-refractivity contribution is -0.137. The Kier molecular flexibility index (Phi) is 4.20. The smallest absolute Gasteiger partial charge is 0.338 e. The summed E-state index contributed by atoms with van der Waals surface area (Å²) in [5, 5.41) is 2.51. The molecule has 4 nitrogen and oxygen atoms in total. The van der Waals surface area contributed by atoms with E-state index in [0.717, 1.165) is 17.0 Å².